The smallest absolute Gasteiger partial charge is 0.437 e. The molecule has 0 aliphatic carbocycles. The van der Waals surface area contributed by atoms with Crippen LogP contribution >= 0.6 is 11.8 Å². The second kappa shape index (κ2) is 29.3. The van der Waals surface area contributed by atoms with E-state index in [1.165, 1.54) is 6.92 Å². The molecule has 6 amide bonds. The zero-order valence-corrected chi connectivity index (χ0v) is 56.6. The van der Waals surface area contributed by atoms with Crippen LogP contribution in [0.15, 0.2) is 291 Å². The first kappa shape index (κ1) is 69.4. The van der Waals surface area contributed by atoms with Gasteiger partial charge < -0.3 is 28.4 Å². The summed E-state index contributed by atoms with van der Waals surface area (Å²) in [5.74, 6) is -2.11. The first-order chi connectivity index (χ1) is 50.2. The van der Waals surface area contributed by atoms with Gasteiger partial charge in [-0.1, -0.05) is 121 Å². The molecule has 15 rings (SSSR count). The number of hydrogen-bond donors (Lipinski definition) is 3. The van der Waals surface area contributed by atoms with Crippen molar-refractivity contribution in [3.8, 4) is 40.6 Å². The molecule has 11 aromatic carbocycles. The fraction of sp³-hybridized carbons (Fsp3) is 0.0759. The summed E-state index contributed by atoms with van der Waals surface area (Å²) in [6.45, 7) is 4.61. The van der Waals surface area contributed by atoms with Crippen LogP contribution in [0.4, 0.5) is 49.0 Å². The number of anilines is 3. The molecule has 19 nitrogen and oxygen atoms in total. The highest BCUT2D eigenvalue weighted by Crippen LogP contribution is 2.50. The maximum absolute atomic E-state index is 14.4. The van der Waals surface area contributed by atoms with Gasteiger partial charge in [0, 0.05) is 28.8 Å². The average molecular weight is 1440 g/mol. The third-order valence-corrected chi connectivity index (χ3v) is 20.3. The zero-order valence-electron chi connectivity index (χ0n) is 54.9. The lowest BCUT2D eigenvalue weighted by Crippen LogP contribution is -2.40. The summed E-state index contributed by atoms with van der Waals surface area (Å²) in [4.78, 5) is 79.0. The van der Waals surface area contributed by atoms with Gasteiger partial charge in [0.05, 0.1) is 38.5 Å². The van der Waals surface area contributed by atoms with Crippen molar-refractivity contribution in [2.45, 2.75) is 62.1 Å². The van der Waals surface area contributed by atoms with Crippen LogP contribution in [0.2, 0.25) is 0 Å². The average Bonchev–Trinajstić information content (AvgIpc) is 0.891. The number of imide groups is 3. The number of hydrazine groups is 3. The van der Waals surface area contributed by atoms with Crippen molar-refractivity contribution in [2.75, 3.05) is 16.3 Å². The molecule has 0 bridgehead atoms. The normalized spacial score (nSPS) is 17.9. The minimum atomic E-state index is -1.61. The van der Waals surface area contributed by atoms with Gasteiger partial charge in [-0.3, -0.25) is 30.7 Å². The third-order valence-electron chi connectivity index (χ3n) is 16.6. The second-order valence-electron chi connectivity index (χ2n) is 23.7. The van der Waals surface area contributed by atoms with E-state index in [1.54, 1.807) is 159 Å². The van der Waals surface area contributed by atoms with Crippen molar-refractivity contribution in [3.63, 3.8) is 0 Å². The van der Waals surface area contributed by atoms with Crippen LogP contribution in [0.1, 0.15) is 43.0 Å². The van der Waals surface area contributed by atoms with Crippen molar-refractivity contribution in [3.05, 3.63) is 312 Å². The largest absolute Gasteiger partial charge is 0.457 e. The van der Waals surface area contributed by atoms with Crippen LogP contribution in [-0.2, 0) is 56.3 Å². The monoisotopic (exact) mass is 1430 g/mol. The van der Waals surface area contributed by atoms with Crippen LogP contribution in [0.3, 0.4) is 0 Å². The molecule has 4 aliphatic heterocycles. The number of rotatable bonds is 16. The predicted octanol–water partition coefficient (Wildman–Crippen LogP) is 18.1. The number of nitrogens with zero attached hydrogens (tertiary/aromatic N) is 4. The van der Waals surface area contributed by atoms with E-state index in [-0.39, 0.29) is 0 Å². The molecule has 25 heteroatoms. The van der Waals surface area contributed by atoms with Crippen LogP contribution in [0, 0.1) is 34.6 Å². The Bertz CT molecular complexity index is 5070. The van der Waals surface area contributed by atoms with Crippen LogP contribution in [0.25, 0.3) is 0 Å². The number of halogens is 4. The maximum atomic E-state index is 14.4. The van der Waals surface area contributed by atoms with Crippen molar-refractivity contribution in [1.29, 1.82) is 5.26 Å². The van der Waals surface area contributed by atoms with Gasteiger partial charge in [0.15, 0.2) is 38.0 Å². The molecule has 0 saturated carbocycles. The van der Waals surface area contributed by atoms with Crippen LogP contribution < -0.4 is 30.5 Å². The number of ether oxygens (including phenoxy) is 6. The summed E-state index contributed by atoms with van der Waals surface area (Å²) in [5.41, 5.74) is 7.24. The van der Waals surface area contributed by atoms with Gasteiger partial charge in [0.25, 0.3) is 17.7 Å². The van der Waals surface area contributed by atoms with Gasteiger partial charge in [-0.15, -0.1) is 15.0 Å². The first-order valence-corrected chi connectivity index (χ1v) is 33.8. The molecule has 11 aromatic rings. The number of nitrogens with one attached hydrogen (secondary N) is 3. The number of cyclic esters (lactones) is 3. The number of fused-ring (bicyclic) bond motifs is 2. The summed E-state index contributed by atoms with van der Waals surface area (Å²) >= 11 is 1.03. The Labute approximate surface area is 598 Å². The lowest BCUT2D eigenvalue weighted by Gasteiger charge is -2.21. The molecule has 0 aromatic heterocycles. The predicted molar refractivity (Wildman–Crippen MR) is 375 cm³/mol. The number of carbonyl (C=O) groups is 6. The van der Waals surface area contributed by atoms with E-state index in [2.05, 4.69) is 16.3 Å². The molecule has 104 heavy (non-hydrogen) atoms. The Morgan fingerprint density at radius 2 is 0.654 bits per heavy atom. The molecule has 3 atom stereocenters. The fourth-order valence-corrected chi connectivity index (χ4v) is 14.8. The highest BCUT2D eigenvalue weighted by atomic mass is 32.2. The highest BCUT2D eigenvalue weighted by Gasteiger charge is 2.55. The van der Waals surface area contributed by atoms with E-state index >= 15 is 0 Å². The van der Waals surface area contributed by atoms with Gasteiger partial charge in [-0.25, -0.2) is 31.9 Å². The van der Waals surface area contributed by atoms with Gasteiger partial charge in [0.1, 0.15) is 45.4 Å². The molecule has 3 saturated heterocycles. The van der Waals surface area contributed by atoms with E-state index in [9.17, 15) is 46.3 Å². The van der Waals surface area contributed by atoms with Crippen molar-refractivity contribution in [1.82, 2.24) is 15.0 Å². The number of amides is 6. The van der Waals surface area contributed by atoms with Gasteiger partial charge in [0.2, 0.25) is 16.8 Å². The van der Waals surface area contributed by atoms with Crippen molar-refractivity contribution in [2.24, 2.45) is 0 Å². The Balaban J connectivity index is 0.000000145. The van der Waals surface area contributed by atoms with E-state index < -0.39 is 87.0 Å². The molecule has 0 spiro atoms. The van der Waals surface area contributed by atoms with Crippen LogP contribution in [0.5, 0.6) is 34.5 Å². The molecule has 4 aliphatic rings. The van der Waals surface area contributed by atoms with Crippen molar-refractivity contribution < 1.29 is 74.8 Å². The molecular weight excluding hydrogens is 1380 g/mol. The van der Waals surface area contributed by atoms with E-state index in [0.717, 1.165) is 51.1 Å². The zero-order chi connectivity index (χ0) is 72.9. The van der Waals surface area contributed by atoms with E-state index in [0.29, 0.717) is 98.3 Å². The van der Waals surface area contributed by atoms with Gasteiger partial charge in [-0.05, 0) is 166 Å². The molecule has 0 radical (unpaired) electrons. The highest BCUT2D eigenvalue weighted by molar-refractivity contribution is 8.04. The van der Waals surface area contributed by atoms with E-state index in [1.807, 2.05) is 103 Å². The summed E-state index contributed by atoms with van der Waals surface area (Å²) in [7, 11) is -1.12. The topological polar surface area (TPSA) is 227 Å². The van der Waals surface area contributed by atoms with Crippen LogP contribution in [-0.4, -0.2) is 51.0 Å². The Hall–Kier alpha value is -13.1. The molecule has 4 heterocycles. The summed E-state index contributed by atoms with van der Waals surface area (Å²) in [5, 5.41) is 11.4. The summed E-state index contributed by atoms with van der Waals surface area (Å²) < 4.78 is 90.7. The Morgan fingerprint density at radius 3 is 0.971 bits per heavy atom. The molecular formula is C79H56F4N7O12S2+. The summed E-state index contributed by atoms with van der Waals surface area (Å²) in [6, 6.07) is 76.2. The standard InChI is InChI=1S/C34H21F4N2O4S2.C23H17N3O4.C22H18N2O4/c1-34(19-7-11-22(12-8-19)43-21-5-3-2-4-6-21)32(41)40(33(42)44-34)39-20-9-13-23(14-10-20)46-30-17-26(37)24(35)15-28(30)45-29-16-25(36)27(38)18-31(29)46;1-23(17-9-13-20(14-10-17)29-19-5-3-2-4-6-19)21(27)26(22(28)30-23)25-18-11-7-16(15-24)8-12-18;1-22(16-12-14-19(15-13-16)27-18-10-6-3-7-11-18)20(25)24(21(26)28-22)23-17-8-4-2-5-9-17/h2-18,39H,1H3;2-14,25H,1H3;2-15,23H,1H3/q+1;;. The molecule has 3 unspecified atom stereocenters. The molecule has 3 fully saturated rings. The lowest BCUT2D eigenvalue weighted by molar-refractivity contribution is -0.136. The summed E-state index contributed by atoms with van der Waals surface area (Å²) in [6.07, 6.45) is -2.47. The molecule has 518 valence electrons. The second-order valence-corrected chi connectivity index (χ2v) is 26.7. The fourth-order valence-electron chi connectivity index (χ4n) is 11.1. The SMILES string of the molecule is CC1(c2ccc(Oc3ccccc3)cc2)OC(=O)N(Nc2ccc(C#N)cc2)C1=O.CC1(c2ccc(Oc3ccccc3)cc2)OC(=O)N(Nc2ccc([S+]3c4cc(F)c(F)cc4Sc4cc(F)c(F)cc43)cc2)C1=O.CC1(c2ccc(Oc3ccccc3)cc2)OC(=O)N(Nc2ccccc2)C1=O. The maximum Gasteiger partial charge on any atom is 0.437 e. The number of hydrogen-bond acceptors (Lipinski definition) is 17. The van der Waals surface area contributed by atoms with Crippen molar-refractivity contribution >= 4 is 75.7 Å². The Morgan fingerprint density at radius 1 is 0.375 bits per heavy atom. The van der Waals surface area contributed by atoms with Gasteiger partial charge in [-0.2, -0.15) is 5.26 Å². The number of carbonyl (C=O) groups excluding carboxylic acids is 6. The Kier molecular flexibility index (Phi) is 19.5. The van der Waals surface area contributed by atoms with Gasteiger partial charge >= 0.3 is 18.3 Å². The minimum Gasteiger partial charge on any atom is -0.457 e. The number of para-hydroxylation sites is 4. The molecule has 3 N–H and O–H groups in total. The lowest BCUT2D eigenvalue weighted by atomic mass is 9.95. The minimum absolute atomic E-state index is 0.343. The first-order valence-electron chi connectivity index (χ1n) is 31.7. The quantitative estimate of drug-likeness (QED) is 0.0464. The third kappa shape index (κ3) is 14.5. The number of nitriles is 1. The number of benzene rings is 11. The van der Waals surface area contributed by atoms with E-state index in [4.69, 9.17) is 33.7 Å².